The van der Waals surface area contributed by atoms with Gasteiger partial charge in [-0.25, -0.2) is 4.68 Å². The van der Waals surface area contributed by atoms with Gasteiger partial charge in [0.1, 0.15) is 5.69 Å². The molecular weight excluding hydrogens is 272 g/mol. The van der Waals surface area contributed by atoms with Gasteiger partial charge in [0.2, 0.25) is 0 Å². The number of fused-ring (bicyclic) bond motifs is 1. The Kier molecular flexibility index (Phi) is 3.22. The van der Waals surface area contributed by atoms with Crippen LogP contribution in [0.1, 0.15) is 35.7 Å². The Hall–Kier alpha value is -2.49. The van der Waals surface area contributed by atoms with Crippen LogP contribution in [0.5, 0.6) is 0 Å². The molecule has 4 heteroatoms. The van der Waals surface area contributed by atoms with E-state index in [0.717, 1.165) is 29.9 Å². The largest absolute Gasteiger partial charge is 0.251 e. The van der Waals surface area contributed by atoms with Crippen LogP contribution in [-0.4, -0.2) is 20.0 Å². The van der Waals surface area contributed by atoms with Gasteiger partial charge in [0.25, 0.3) is 0 Å². The van der Waals surface area contributed by atoms with Crippen LogP contribution in [0.25, 0.3) is 11.4 Å². The van der Waals surface area contributed by atoms with Gasteiger partial charge >= 0.3 is 0 Å². The monoisotopic (exact) mass is 290 g/mol. The van der Waals surface area contributed by atoms with Crippen LogP contribution in [0, 0.1) is 6.92 Å². The summed E-state index contributed by atoms with van der Waals surface area (Å²) in [4.78, 5) is 4.53. The first-order valence-electron chi connectivity index (χ1n) is 7.75. The van der Waals surface area contributed by atoms with Gasteiger partial charge in [-0.1, -0.05) is 35.5 Å². The summed E-state index contributed by atoms with van der Waals surface area (Å²) in [6.45, 7) is 1.99. The van der Waals surface area contributed by atoms with Gasteiger partial charge in [-0.05, 0) is 49.4 Å². The van der Waals surface area contributed by atoms with Crippen molar-refractivity contribution in [3.8, 4) is 11.4 Å². The van der Waals surface area contributed by atoms with E-state index in [1.807, 2.05) is 36.0 Å². The molecule has 2 heterocycles. The van der Waals surface area contributed by atoms with Gasteiger partial charge in [0, 0.05) is 5.69 Å². The van der Waals surface area contributed by atoms with E-state index >= 15 is 0 Å². The zero-order valence-electron chi connectivity index (χ0n) is 12.6. The van der Waals surface area contributed by atoms with Gasteiger partial charge in [-0.2, -0.15) is 0 Å². The van der Waals surface area contributed by atoms with Crippen molar-refractivity contribution in [2.75, 3.05) is 0 Å². The Labute approximate surface area is 129 Å². The Balaban J connectivity index is 1.71. The summed E-state index contributed by atoms with van der Waals surface area (Å²) in [5.74, 6) is 0. The van der Waals surface area contributed by atoms with Gasteiger partial charge in [-0.15, -0.1) is 5.10 Å². The summed E-state index contributed by atoms with van der Waals surface area (Å²) in [5, 5.41) is 8.70. The summed E-state index contributed by atoms with van der Waals surface area (Å²) < 4.78 is 2.00. The van der Waals surface area contributed by atoms with Crippen LogP contribution >= 0.6 is 0 Å². The van der Waals surface area contributed by atoms with Gasteiger partial charge in [0.05, 0.1) is 17.9 Å². The molecule has 1 aromatic carbocycles. The first kappa shape index (κ1) is 13.2. The van der Waals surface area contributed by atoms with Crippen molar-refractivity contribution in [3.05, 3.63) is 65.5 Å². The van der Waals surface area contributed by atoms with Crippen molar-refractivity contribution in [2.24, 2.45) is 0 Å². The minimum Gasteiger partial charge on any atom is -0.251 e. The van der Waals surface area contributed by atoms with E-state index in [0.29, 0.717) is 0 Å². The fourth-order valence-corrected chi connectivity index (χ4v) is 3.24. The zero-order valence-corrected chi connectivity index (χ0v) is 12.6. The highest BCUT2D eigenvalue weighted by molar-refractivity contribution is 5.52. The molecule has 4 nitrogen and oxygen atoms in total. The number of aromatic nitrogens is 4. The van der Waals surface area contributed by atoms with Gasteiger partial charge in [0.15, 0.2) is 0 Å². The van der Waals surface area contributed by atoms with E-state index in [2.05, 4.69) is 39.6 Å². The fraction of sp³-hybridized carbons (Fsp3) is 0.278. The summed E-state index contributed by atoms with van der Waals surface area (Å²) in [6.07, 6.45) is 5.49. The van der Waals surface area contributed by atoms with Crippen molar-refractivity contribution in [2.45, 2.75) is 32.2 Å². The molecule has 1 aliphatic carbocycles. The molecule has 0 bridgehead atoms. The van der Waals surface area contributed by atoms with Crippen molar-refractivity contribution < 1.29 is 0 Å². The SMILES string of the molecule is Cc1cccc(-c2cn(C3CCCc4ccccc43)nn2)n1. The molecule has 0 saturated heterocycles. The lowest BCUT2D eigenvalue weighted by Gasteiger charge is -2.25. The minimum absolute atomic E-state index is 0.288. The van der Waals surface area contributed by atoms with Crippen LogP contribution in [0.2, 0.25) is 0 Å². The van der Waals surface area contributed by atoms with Crippen molar-refractivity contribution >= 4 is 0 Å². The number of rotatable bonds is 2. The Morgan fingerprint density at radius 1 is 1.05 bits per heavy atom. The maximum atomic E-state index is 4.53. The number of benzene rings is 1. The average Bonchev–Trinajstić information content (AvgIpc) is 3.04. The molecule has 0 radical (unpaired) electrons. The van der Waals surface area contributed by atoms with Crippen LogP contribution in [-0.2, 0) is 6.42 Å². The highest BCUT2D eigenvalue weighted by Crippen LogP contribution is 2.32. The molecular formula is C18H18N4. The van der Waals surface area contributed by atoms with E-state index < -0.39 is 0 Å². The average molecular weight is 290 g/mol. The van der Waals surface area contributed by atoms with Crippen LogP contribution in [0.15, 0.2) is 48.7 Å². The molecule has 0 fully saturated rings. The molecule has 0 N–H and O–H groups in total. The number of nitrogens with zero attached hydrogens (tertiary/aromatic N) is 4. The number of aryl methyl sites for hydroxylation is 2. The normalized spacial score (nSPS) is 17.2. The van der Waals surface area contributed by atoms with Crippen LogP contribution in [0.4, 0.5) is 0 Å². The molecule has 110 valence electrons. The second-order valence-electron chi connectivity index (χ2n) is 5.85. The minimum atomic E-state index is 0.288. The summed E-state index contributed by atoms with van der Waals surface area (Å²) in [5.41, 5.74) is 5.53. The second kappa shape index (κ2) is 5.37. The predicted octanol–water partition coefficient (Wildman–Crippen LogP) is 3.57. The first-order valence-corrected chi connectivity index (χ1v) is 7.75. The van der Waals surface area contributed by atoms with Crippen molar-refractivity contribution in [1.29, 1.82) is 0 Å². The van der Waals surface area contributed by atoms with E-state index in [4.69, 9.17) is 0 Å². The fourth-order valence-electron chi connectivity index (χ4n) is 3.24. The predicted molar refractivity (Wildman–Crippen MR) is 85.5 cm³/mol. The van der Waals surface area contributed by atoms with Crippen LogP contribution in [0.3, 0.4) is 0 Å². The van der Waals surface area contributed by atoms with E-state index in [-0.39, 0.29) is 6.04 Å². The summed E-state index contributed by atoms with van der Waals surface area (Å²) >= 11 is 0. The van der Waals surface area contributed by atoms with Crippen LogP contribution < -0.4 is 0 Å². The second-order valence-corrected chi connectivity index (χ2v) is 5.85. The van der Waals surface area contributed by atoms with E-state index in [9.17, 15) is 0 Å². The standard InChI is InChI=1S/C18H18N4/c1-13-6-4-10-16(19-13)17-12-22(21-20-17)18-11-5-8-14-7-2-3-9-15(14)18/h2-4,6-7,9-10,12,18H,5,8,11H2,1H3. The molecule has 0 saturated carbocycles. The number of hydrogen-bond acceptors (Lipinski definition) is 3. The molecule has 2 aromatic heterocycles. The highest BCUT2D eigenvalue weighted by atomic mass is 15.4. The maximum absolute atomic E-state index is 4.53. The van der Waals surface area contributed by atoms with E-state index in [1.54, 1.807) is 0 Å². The third kappa shape index (κ3) is 2.30. The lowest BCUT2D eigenvalue weighted by molar-refractivity contribution is 0.440. The lowest BCUT2D eigenvalue weighted by atomic mass is 9.88. The Bertz CT molecular complexity index is 806. The third-order valence-corrected chi connectivity index (χ3v) is 4.32. The van der Waals surface area contributed by atoms with Crippen molar-refractivity contribution in [3.63, 3.8) is 0 Å². The smallest absolute Gasteiger partial charge is 0.131 e. The highest BCUT2D eigenvalue weighted by Gasteiger charge is 2.22. The Morgan fingerprint density at radius 3 is 2.86 bits per heavy atom. The van der Waals surface area contributed by atoms with Crippen molar-refractivity contribution in [1.82, 2.24) is 20.0 Å². The first-order chi connectivity index (χ1) is 10.8. The third-order valence-electron chi connectivity index (χ3n) is 4.32. The van der Waals surface area contributed by atoms with E-state index in [1.165, 1.54) is 17.5 Å². The molecule has 0 amide bonds. The topological polar surface area (TPSA) is 43.6 Å². The number of hydrogen-bond donors (Lipinski definition) is 0. The van der Waals surface area contributed by atoms with Gasteiger partial charge < -0.3 is 0 Å². The molecule has 0 aliphatic heterocycles. The Morgan fingerprint density at radius 2 is 1.95 bits per heavy atom. The van der Waals surface area contributed by atoms with Gasteiger partial charge in [-0.3, -0.25) is 4.98 Å². The quantitative estimate of drug-likeness (QED) is 0.724. The molecule has 1 atom stereocenters. The molecule has 22 heavy (non-hydrogen) atoms. The molecule has 4 rings (SSSR count). The molecule has 1 unspecified atom stereocenters. The number of pyridine rings is 1. The molecule has 1 aliphatic rings. The lowest BCUT2D eigenvalue weighted by Crippen LogP contribution is -2.17. The zero-order chi connectivity index (χ0) is 14.9. The molecule has 3 aromatic rings. The summed E-state index contributed by atoms with van der Waals surface area (Å²) in [7, 11) is 0. The maximum Gasteiger partial charge on any atom is 0.131 e. The molecule has 0 spiro atoms. The summed E-state index contributed by atoms with van der Waals surface area (Å²) in [6, 6.07) is 14.9.